The molecule has 0 unspecified atom stereocenters. The van der Waals surface area contributed by atoms with E-state index in [1.54, 1.807) is 11.0 Å². The zero-order chi connectivity index (χ0) is 33.5. The monoisotopic (exact) mass is 634 g/mol. The predicted molar refractivity (Wildman–Crippen MR) is 166 cm³/mol. The quantitative estimate of drug-likeness (QED) is 0.179. The number of ether oxygens (including phenoxy) is 2. The molecule has 1 saturated carbocycles. The summed E-state index contributed by atoms with van der Waals surface area (Å²) in [7, 11) is 0. The Kier molecular flexibility index (Phi) is 6.42. The number of nitrogen functional groups attached to an aromatic ring is 1. The fourth-order valence-corrected chi connectivity index (χ4v) is 7.64. The Morgan fingerprint density at radius 2 is 2.11 bits per heavy atom. The maximum absolute atomic E-state index is 16.9. The Hall–Kier alpha value is -4.21. The summed E-state index contributed by atoms with van der Waals surface area (Å²) < 4.78 is 90.5. The molecule has 0 radical (unpaired) electrons. The van der Waals surface area contributed by atoms with Crippen LogP contribution in [0.2, 0.25) is 0 Å². The van der Waals surface area contributed by atoms with Gasteiger partial charge in [0.2, 0.25) is 0 Å². The molecule has 238 valence electrons. The zero-order valence-electron chi connectivity index (χ0n) is 26.8. The molecule has 0 amide bonds. The SMILES string of the molecule is [2H]C([2H])(Oc1nc(N2CCOC[C@H]3[C@H](F)[C@H]32)c2cnc(-c3cc(N)cc4ccc(F)c(C#C)c34)c(F)c2n1)[C@@]12CCCN1C[C@H](CF)C2. The van der Waals surface area contributed by atoms with E-state index in [-0.39, 0.29) is 76.7 Å². The first kappa shape index (κ1) is 27.0. The van der Waals surface area contributed by atoms with Crippen molar-refractivity contribution in [2.45, 2.75) is 37.0 Å². The molecule has 12 heteroatoms. The largest absolute Gasteiger partial charge is 0.461 e. The van der Waals surface area contributed by atoms with Crippen molar-refractivity contribution in [1.82, 2.24) is 19.9 Å². The maximum Gasteiger partial charge on any atom is 0.319 e. The Bertz CT molecular complexity index is 2010. The van der Waals surface area contributed by atoms with E-state index in [1.807, 2.05) is 4.90 Å². The lowest BCUT2D eigenvalue weighted by molar-refractivity contribution is 0.107. The molecule has 4 aliphatic rings. The van der Waals surface area contributed by atoms with Crippen LogP contribution in [0.1, 0.15) is 27.6 Å². The van der Waals surface area contributed by atoms with Crippen molar-refractivity contribution >= 4 is 33.2 Å². The summed E-state index contributed by atoms with van der Waals surface area (Å²) in [5.41, 5.74) is 4.86. The molecule has 5 atom stereocenters. The van der Waals surface area contributed by atoms with Gasteiger partial charge in [0.05, 0.1) is 45.2 Å². The van der Waals surface area contributed by atoms with Gasteiger partial charge in [-0.1, -0.05) is 12.0 Å². The van der Waals surface area contributed by atoms with E-state index in [0.29, 0.717) is 31.3 Å². The van der Waals surface area contributed by atoms with Gasteiger partial charge in [0.25, 0.3) is 0 Å². The van der Waals surface area contributed by atoms with E-state index in [0.717, 1.165) is 0 Å². The van der Waals surface area contributed by atoms with E-state index < -0.39 is 54.5 Å². The average molecular weight is 635 g/mol. The third kappa shape index (κ3) is 4.54. The van der Waals surface area contributed by atoms with Crippen molar-refractivity contribution in [1.29, 1.82) is 0 Å². The van der Waals surface area contributed by atoms with E-state index in [2.05, 4.69) is 20.9 Å². The lowest BCUT2D eigenvalue weighted by Crippen LogP contribution is -2.43. The molecule has 2 aromatic carbocycles. The predicted octanol–water partition coefficient (Wildman–Crippen LogP) is 5.06. The minimum atomic E-state index is -2.39. The number of hydrogen-bond donors (Lipinski definition) is 1. The molecule has 8 rings (SSSR count). The van der Waals surface area contributed by atoms with Crippen molar-refractivity contribution in [2.24, 2.45) is 11.8 Å². The lowest BCUT2D eigenvalue weighted by Gasteiger charge is -2.31. The number of hydrogen-bond acceptors (Lipinski definition) is 8. The van der Waals surface area contributed by atoms with Gasteiger partial charge in [-0.25, -0.2) is 13.2 Å². The van der Waals surface area contributed by atoms with Gasteiger partial charge in [0.1, 0.15) is 35.6 Å². The van der Waals surface area contributed by atoms with Crippen molar-refractivity contribution in [3.63, 3.8) is 0 Å². The van der Waals surface area contributed by atoms with Gasteiger partial charge in [-0.2, -0.15) is 9.97 Å². The summed E-state index contributed by atoms with van der Waals surface area (Å²) >= 11 is 0. The minimum Gasteiger partial charge on any atom is -0.461 e. The second-order valence-corrected chi connectivity index (χ2v) is 12.6. The van der Waals surface area contributed by atoms with Crippen molar-refractivity contribution in [2.75, 3.05) is 56.7 Å². The zero-order valence-corrected chi connectivity index (χ0v) is 24.8. The van der Waals surface area contributed by atoms with Crippen LogP contribution in [0.3, 0.4) is 0 Å². The van der Waals surface area contributed by atoms with Crippen molar-refractivity contribution < 1.29 is 29.8 Å². The van der Waals surface area contributed by atoms with E-state index in [9.17, 15) is 8.78 Å². The van der Waals surface area contributed by atoms with E-state index in [4.69, 9.17) is 24.4 Å². The Balaban J connectivity index is 1.31. The first-order valence-corrected chi connectivity index (χ1v) is 15.4. The minimum absolute atomic E-state index is 0.0914. The van der Waals surface area contributed by atoms with Crippen molar-refractivity contribution in [3.8, 4) is 29.6 Å². The highest BCUT2D eigenvalue weighted by Crippen LogP contribution is 2.46. The van der Waals surface area contributed by atoms with Crippen LogP contribution in [0.5, 0.6) is 6.01 Å². The molecule has 2 aromatic heterocycles. The van der Waals surface area contributed by atoms with Gasteiger partial charge in [-0.15, -0.1) is 6.42 Å². The third-order valence-corrected chi connectivity index (χ3v) is 9.86. The Morgan fingerprint density at radius 3 is 2.93 bits per heavy atom. The number of rotatable bonds is 6. The summed E-state index contributed by atoms with van der Waals surface area (Å²) in [5, 5.41) is 0.844. The first-order valence-electron chi connectivity index (χ1n) is 16.4. The van der Waals surface area contributed by atoms with Crippen LogP contribution in [0, 0.1) is 35.8 Å². The van der Waals surface area contributed by atoms with Crippen LogP contribution < -0.4 is 15.4 Å². The molecular formula is C34H32F4N6O2. The molecule has 2 N–H and O–H groups in total. The molecule has 3 aliphatic heterocycles. The fourth-order valence-electron chi connectivity index (χ4n) is 7.64. The second kappa shape index (κ2) is 11.0. The van der Waals surface area contributed by atoms with Gasteiger partial charge in [-0.3, -0.25) is 14.3 Å². The standard InChI is InChI=1S/C34H32F4N6O2/c1-2-21-25(36)5-4-19-10-20(39)11-22(26(19)21)29-28(38)30-23(14-40-29)32(44-8-9-45-16-24-27(37)31(24)44)42-33(41-30)46-17-34-6-3-7-43(34)15-18(12-34)13-35/h1,4-5,10-11,14,18,24,27,31H,3,6-9,12-13,15-17,39H2/t18-,24-,27-,31-,34-/m0/s1/i17D2. The molecule has 0 spiro atoms. The fraction of sp³-hybridized carbons (Fsp3) is 0.441. The van der Waals surface area contributed by atoms with Crippen LogP contribution in [-0.2, 0) is 4.74 Å². The number of terminal acetylenes is 1. The molecule has 5 heterocycles. The molecular weight excluding hydrogens is 600 g/mol. The average Bonchev–Trinajstić information content (AvgIpc) is 3.36. The number of benzene rings is 2. The van der Waals surface area contributed by atoms with Gasteiger partial charge in [0.15, 0.2) is 5.82 Å². The van der Waals surface area contributed by atoms with Gasteiger partial charge < -0.3 is 20.1 Å². The van der Waals surface area contributed by atoms with Crippen LogP contribution in [0.4, 0.5) is 29.1 Å². The summed E-state index contributed by atoms with van der Waals surface area (Å²) in [4.78, 5) is 17.0. The summed E-state index contributed by atoms with van der Waals surface area (Å²) in [6.07, 6.45) is 7.21. The molecule has 1 aliphatic carbocycles. The number of alkyl halides is 2. The molecule has 3 saturated heterocycles. The van der Waals surface area contributed by atoms with Crippen LogP contribution >= 0.6 is 0 Å². The molecule has 4 fully saturated rings. The number of aromatic nitrogens is 3. The highest BCUT2D eigenvalue weighted by Gasteiger charge is 2.56. The summed E-state index contributed by atoms with van der Waals surface area (Å²) in [5.74, 6) is 0.0920. The first-order chi connectivity index (χ1) is 23.1. The second-order valence-electron chi connectivity index (χ2n) is 12.6. The Labute approximate surface area is 265 Å². The van der Waals surface area contributed by atoms with Gasteiger partial charge >= 0.3 is 6.01 Å². The molecule has 4 aromatic rings. The highest BCUT2D eigenvalue weighted by molar-refractivity contribution is 6.03. The van der Waals surface area contributed by atoms with Crippen LogP contribution in [0.15, 0.2) is 30.5 Å². The van der Waals surface area contributed by atoms with E-state index >= 15 is 8.78 Å². The topological polar surface area (TPSA) is 89.6 Å². The third-order valence-electron chi connectivity index (χ3n) is 9.86. The smallest absolute Gasteiger partial charge is 0.319 e. The number of halogens is 4. The van der Waals surface area contributed by atoms with Gasteiger partial charge in [-0.05, 0) is 49.4 Å². The number of fused-ring (bicyclic) bond motifs is 4. The number of nitrogens with zero attached hydrogens (tertiary/aromatic N) is 5. The van der Waals surface area contributed by atoms with Crippen LogP contribution in [0.25, 0.3) is 32.9 Å². The van der Waals surface area contributed by atoms with Crippen molar-refractivity contribution in [3.05, 3.63) is 47.7 Å². The summed E-state index contributed by atoms with van der Waals surface area (Å²) in [6.45, 7) is -1.27. The molecule has 46 heavy (non-hydrogen) atoms. The number of pyridine rings is 1. The van der Waals surface area contributed by atoms with Gasteiger partial charge in [0, 0.05) is 47.8 Å². The molecule has 8 nitrogen and oxygen atoms in total. The Morgan fingerprint density at radius 1 is 1.24 bits per heavy atom. The molecule has 0 bridgehead atoms. The lowest BCUT2D eigenvalue weighted by atomic mass is 9.91. The normalized spacial score (nSPS) is 28.4. The number of nitrogens with two attached hydrogens (primary N) is 1. The maximum atomic E-state index is 16.9. The number of anilines is 2. The van der Waals surface area contributed by atoms with Crippen LogP contribution in [-0.4, -0.2) is 83.7 Å². The summed E-state index contributed by atoms with van der Waals surface area (Å²) in [6, 6.07) is 4.68. The highest BCUT2D eigenvalue weighted by atomic mass is 19.1. The van der Waals surface area contributed by atoms with E-state index in [1.165, 1.54) is 24.4 Å².